The van der Waals surface area contributed by atoms with Gasteiger partial charge in [-0.25, -0.2) is 4.99 Å². The van der Waals surface area contributed by atoms with Gasteiger partial charge in [-0.05, 0) is 54.8 Å². The van der Waals surface area contributed by atoms with Crippen LogP contribution >= 0.6 is 11.8 Å². The van der Waals surface area contributed by atoms with E-state index in [1.807, 2.05) is 36.4 Å². The molecule has 4 heteroatoms. The van der Waals surface area contributed by atoms with Crippen LogP contribution in [0, 0.1) is 0 Å². The minimum atomic E-state index is 0.305. The molecule has 0 amide bonds. The molecule has 0 unspecified atom stereocenters. The Morgan fingerprint density at radius 3 is 2.13 bits per heavy atom. The Balaban J connectivity index is 1.70. The zero-order valence-electron chi connectivity index (χ0n) is 17.2. The maximum Gasteiger partial charge on any atom is 0.169 e. The van der Waals surface area contributed by atoms with Crippen molar-refractivity contribution in [2.45, 2.75) is 49.6 Å². The summed E-state index contributed by atoms with van der Waals surface area (Å²) in [5.41, 5.74) is 2.16. The van der Waals surface area contributed by atoms with Crippen LogP contribution in [0.3, 0.4) is 0 Å². The van der Waals surface area contributed by atoms with Crippen LogP contribution in [0.2, 0.25) is 0 Å². The first-order valence-corrected chi connectivity index (χ1v) is 11.5. The summed E-state index contributed by atoms with van der Waals surface area (Å²) in [5, 5.41) is 10.7. The zero-order chi connectivity index (χ0) is 20.6. The van der Waals surface area contributed by atoms with Crippen LogP contribution in [0.5, 0.6) is 5.75 Å². The van der Waals surface area contributed by atoms with Gasteiger partial charge in [0, 0.05) is 17.5 Å². The Morgan fingerprint density at radius 2 is 1.47 bits per heavy atom. The third-order valence-corrected chi connectivity index (χ3v) is 6.50. The number of thioether (sulfide) groups is 1. The summed E-state index contributed by atoms with van der Waals surface area (Å²) in [4.78, 5) is 8.77. The van der Waals surface area contributed by atoms with Crippen molar-refractivity contribution in [3.05, 3.63) is 90.5 Å². The highest BCUT2D eigenvalue weighted by molar-refractivity contribution is 8.13. The van der Waals surface area contributed by atoms with E-state index >= 15 is 0 Å². The fraction of sp³-hybridized carbons (Fsp3) is 0.269. The van der Waals surface area contributed by atoms with E-state index in [2.05, 4.69) is 41.3 Å². The Morgan fingerprint density at radius 1 is 0.833 bits per heavy atom. The van der Waals surface area contributed by atoms with Gasteiger partial charge in [0.15, 0.2) is 5.17 Å². The third kappa shape index (κ3) is 5.67. The van der Waals surface area contributed by atoms with E-state index in [0.29, 0.717) is 11.8 Å². The van der Waals surface area contributed by atoms with Gasteiger partial charge in [0.2, 0.25) is 0 Å². The van der Waals surface area contributed by atoms with E-state index in [9.17, 15) is 5.11 Å². The van der Waals surface area contributed by atoms with Crippen molar-refractivity contribution in [2.24, 2.45) is 4.99 Å². The lowest BCUT2D eigenvalue weighted by Crippen LogP contribution is -2.39. The van der Waals surface area contributed by atoms with Crippen molar-refractivity contribution in [3.63, 3.8) is 0 Å². The average Bonchev–Trinajstić information content (AvgIpc) is 2.80. The predicted molar refractivity (Wildman–Crippen MR) is 126 cm³/mol. The van der Waals surface area contributed by atoms with Gasteiger partial charge in [0.25, 0.3) is 0 Å². The number of hydrogen-bond acceptors (Lipinski definition) is 3. The summed E-state index contributed by atoms with van der Waals surface area (Å²) in [6.45, 7) is 0.788. The number of aromatic hydroxyl groups is 1. The molecule has 0 saturated heterocycles. The van der Waals surface area contributed by atoms with Gasteiger partial charge in [-0.3, -0.25) is 0 Å². The summed E-state index contributed by atoms with van der Waals surface area (Å²) in [6, 6.07) is 28.8. The third-order valence-electron chi connectivity index (χ3n) is 5.48. The van der Waals surface area contributed by atoms with Gasteiger partial charge in [0.05, 0.1) is 5.69 Å². The maximum absolute atomic E-state index is 9.70. The van der Waals surface area contributed by atoms with Crippen molar-refractivity contribution >= 4 is 22.6 Å². The monoisotopic (exact) mass is 416 g/mol. The van der Waals surface area contributed by atoms with E-state index in [4.69, 9.17) is 4.99 Å². The van der Waals surface area contributed by atoms with Crippen molar-refractivity contribution < 1.29 is 5.11 Å². The average molecular weight is 417 g/mol. The molecule has 1 aliphatic rings. The second-order valence-electron chi connectivity index (χ2n) is 7.73. The molecule has 3 aromatic carbocycles. The highest BCUT2D eigenvalue weighted by Crippen LogP contribution is 2.31. The van der Waals surface area contributed by atoms with E-state index in [1.165, 1.54) is 42.6 Å². The molecule has 3 nitrogen and oxygen atoms in total. The van der Waals surface area contributed by atoms with E-state index < -0.39 is 0 Å². The second kappa shape index (κ2) is 10.4. The zero-order valence-corrected chi connectivity index (χ0v) is 18.0. The standard InChI is InChI=1S/C26H28N2OS/c29-24-18-16-21(17-19-24)20-28(23-12-6-2-7-13-23)26(27-22-10-4-1-5-11-22)30-25-14-8-3-9-15-25/h1,3-5,8-11,14-19,23,29H,2,6-7,12-13,20H2. The van der Waals surface area contributed by atoms with Gasteiger partial charge in [-0.2, -0.15) is 0 Å². The Labute approximate surface area is 183 Å². The number of hydrogen-bond donors (Lipinski definition) is 1. The van der Waals surface area contributed by atoms with Crippen LogP contribution in [0.4, 0.5) is 5.69 Å². The van der Waals surface area contributed by atoms with Gasteiger partial charge >= 0.3 is 0 Å². The molecule has 1 N–H and O–H groups in total. The number of benzene rings is 3. The van der Waals surface area contributed by atoms with E-state index in [-0.39, 0.29) is 0 Å². The van der Waals surface area contributed by atoms with Gasteiger partial charge < -0.3 is 10.0 Å². The van der Waals surface area contributed by atoms with Crippen LogP contribution in [0.15, 0.2) is 94.8 Å². The minimum absolute atomic E-state index is 0.305. The molecule has 1 aliphatic carbocycles. The maximum atomic E-state index is 9.70. The van der Waals surface area contributed by atoms with Crippen molar-refractivity contribution in [2.75, 3.05) is 0 Å². The number of nitrogens with zero attached hydrogens (tertiary/aromatic N) is 2. The summed E-state index contributed by atoms with van der Waals surface area (Å²) in [7, 11) is 0. The van der Waals surface area contributed by atoms with Crippen molar-refractivity contribution in [1.29, 1.82) is 0 Å². The molecule has 0 bridgehead atoms. The van der Waals surface area contributed by atoms with Gasteiger partial charge in [-0.15, -0.1) is 0 Å². The highest BCUT2D eigenvalue weighted by atomic mass is 32.2. The molecule has 0 spiro atoms. The molecule has 0 heterocycles. The molecule has 1 fully saturated rings. The number of phenols is 1. The first kappa shape index (κ1) is 20.5. The molecule has 1 saturated carbocycles. The Kier molecular flexibility index (Phi) is 7.09. The molecule has 0 atom stereocenters. The highest BCUT2D eigenvalue weighted by Gasteiger charge is 2.25. The molecule has 0 radical (unpaired) electrons. The Bertz CT molecular complexity index is 936. The fourth-order valence-corrected chi connectivity index (χ4v) is 4.88. The predicted octanol–water partition coefficient (Wildman–Crippen LogP) is 7.01. The number of para-hydroxylation sites is 1. The molecular formula is C26H28N2OS. The fourth-order valence-electron chi connectivity index (χ4n) is 3.90. The lowest BCUT2D eigenvalue weighted by molar-refractivity contribution is 0.241. The largest absolute Gasteiger partial charge is 0.508 e. The molecule has 154 valence electrons. The topological polar surface area (TPSA) is 35.8 Å². The van der Waals surface area contributed by atoms with Crippen LogP contribution in [0.25, 0.3) is 0 Å². The summed E-state index contributed by atoms with van der Waals surface area (Å²) >= 11 is 1.73. The second-order valence-corrected chi connectivity index (χ2v) is 8.77. The van der Waals surface area contributed by atoms with Crippen molar-refractivity contribution in [1.82, 2.24) is 4.90 Å². The normalized spacial score (nSPS) is 15.1. The smallest absolute Gasteiger partial charge is 0.169 e. The molecule has 0 aliphatic heterocycles. The lowest BCUT2D eigenvalue weighted by atomic mass is 9.94. The number of phenolic OH excluding ortho intramolecular Hbond substituents is 1. The van der Waals surface area contributed by atoms with Crippen LogP contribution in [-0.4, -0.2) is 21.2 Å². The van der Waals surface area contributed by atoms with Crippen molar-refractivity contribution in [3.8, 4) is 5.75 Å². The van der Waals surface area contributed by atoms with E-state index in [1.54, 1.807) is 23.9 Å². The molecule has 0 aromatic heterocycles. The number of aliphatic imine (C=N–C) groups is 1. The molecular weight excluding hydrogens is 388 g/mol. The molecule has 3 aromatic rings. The first-order chi connectivity index (χ1) is 14.8. The SMILES string of the molecule is Oc1ccc(CN(C(=Nc2ccccc2)Sc2ccccc2)C2CCCCC2)cc1. The summed E-state index contributed by atoms with van der Waals surface area (Å²) < 4.78 is 0. The minimum Gasteiger partial charge on any atom is -0.508 e. The van der Waals surface area contributed by atoms with Gasteiger partial charge in [-0.1, -0.05) is 79.6 Å². The summed E-state index contributed by atoms with van der Waals surface area (Å²) in [6.07, 6.45) is 6.25. The number of rotatable bonds is 5. The van der Waals surface area contributed by atoms with Gasteiger partial charge in [0.1, 0.15) is 5.75 Å². The van der Waals surface area contributed by atoms with Crippen LogP contribution in [-0.2, 0) is 6.54 Å². The summed E-state index contributed by atoms with van der Waals surface area (Å²) in [5.74, 6) is 0.305. The molecule has 30 heavy (non-hydrogen) atoms. The Hall–Kier alpha value is -2.72. The molecule has 4 rings (SSSR count). The van der Waals surface area contributed by atoms with Crippen LogP contribution < -0.4 is 0 Å². The first-order valence-electron chi connectivity index (χ1n) is 10.7. The van der Waals surface area contributed by atoms with E-state index in [0.717, 1.165) is 17.4 Å². The lowest BCUT2D eigenvalue weighted by Gasteiger charge is -2.36. The quantitative estimate of drug-likeness (QED) is 0.276. The number of amidine groups is 1. The van der Waals surface area contributed by atoms with Crippen LogP contribution in [0.1, 0.15) is 37.7 Å².